The van der Waals surface area contributed by atoms with Crippen molar-refractivity contribution in [1.29, 1.82) is 0 Å². The number of ether oxygens (including phenoxy) is 2. The van der Waals surface area contributed by atoms with Gasteiger partial charge in [-0.1, -0.05) is 0 Å². The van der Waals surface area contributed by atoms with Crippen LogP contribution in [0.5, 0.6) is 5.88 Å². The largest absolute Gasteiger partial charge is 0.475 e. The fourth-order valence-electron chi connectivity index (χ4n) is 2.24. The van der Waals surface area contributed by atoms with E-state index in [1.165, 1.54) is 0 Å². The molecule has 1 aliphatic rings. The third-order valence-electron chi connectivity index (χ3n) is 3.31. The van der Waals surface area contributed by atoms with E-state index in [0.29, 0.717) is 30.7 Å². The Kier molecular flexibility index (Phi) is 4.52. The minimum atomic E-state index is 0.0259. The maximum absolute atomic E-state index is 5.76. The number of hydrogen-bond donors (Lipinski definition) is 1. The van der Waals surface area contributed by atoms with Crippen molar-refractivity contribution in [3.63, 3.8) is 0 Å². The Labute approximate surface area is 134 Å². The van der Waals surface area contributed by atoms with E-state index >= 15 is 0 Å². The summed E-state index contributed by atoms with van der Waals surface area (Å²) in [6.45, 7) is 6.76. The molecule has 0 atom stereocenters. The first-order chi connectivity index (χ1) is 11.1. The van der Waals surface area contributed by atoms with Crippen molar-refractivity contribution >= 4 is 11.9 Å². The summed E-state index contributed by atoms with van der Waals surface area (Å²) < 4.78 is 11.1. The van der Waals surface area contributed by atoms with E-state index < -0.39 is 0 Å². The molecular weight excluding hydrogens is 296 g/mol. The van der Waals surface area contributed by atoms with E-state index in [2.05, 4.69) is 24.8 Å². The summed E-state index contributed by atoms with van der Waals surface area (Å²) in [6, 6.07) is 1.79. The van der Waals surface area contributed by atoms with Gasteiger partial charge in [-0.3, -0.25) is 0 Å². The molecule has 2 aromatic rings. The predicted molar refractivity (Wildman–Crippen MR) is 86.3 cm³/mol. The lowest BCUT2D eigenvalue weighted by molar-refractivity contribution is 0.122. The molecule has 0 amide bonds. The summed E-state index contributed by atoms with van der Waals surface area (Å²) in [5, 5.41) is 0. The first kappa shape index (κ1) is 15.4. The topological polar surface area (TPSA) is 99.3 Å². The van der Waals surface area contributed by atoms with Gasteiger partial charge in [0.1, 0.15) is 0 Å². The van der Waals surface area contributed by atoms with Gasteiger partial charge in [-0.15, -0.1) is 0 Å². The highest BCUT2D eigenvalue weighted by molar-refractivity contribution is 5.60. The van der Waals surface area contributed by atoms with Crippen molar-refractivity contribution in [2.45, 2.75) is 20.0 Å². The Balaban J connectivity index is 1.98. The zero-order valence-corrected chi connectivity index (χ0v) is 13.3. The lowest BCUT2D eigenvalue weighted by Crippen LogP contribution is -2.37. The molecule has 1 aliphatic heterocycles. The molecule has 0 aliphatic carbocycles. The molecule has 0 radical (unpaired) electrons. The van der Waals surface area contributed by atoms with E-state index in [9.17, 15) is 0 Å². The quantitative estimate of drug-likeness (QED) is 0.896. The van der Waals surface area contributed by atoms with Gasteiger partial charge >= 0.3 is 0 Å². The smallest absolute Gasteiger partial charge is 0.229 e. The van der Waals surface area contributed by atoms with Gasteiger partial charge in [0, 0.05) is 37.1 Å². The molecule has 122 valence electrons. The second kappa shape index (κ2) is 6.74. The summed E-state index contributed by atoms with van der Waals surface area (Å²) in [5.74, 6) is 1.39. The van der Waals surface area contributed by atoms with Gasteiger partial charge in [0.2, 0.25) is 17.8 Å². The van der Waals surface area contributed by atoms with Crippen LogP contribution in [0.1, 0.15) is 13.8 Å². The number of morpholine rings is 1. The molecule has 0 bridgehead atoms. The van der Waals surface area contributed by atoms with Crippen molar-refractivity contribution in [1.82, 2.24) is 19.9 Å². The molecule has 3 rings (SSSR count). The van der Waals surface area contributed by atoms with E-state index in [0.717, 1.165) is 18.7 Å². The number of aromatic nitrogens is 4. The minimum Gasteiger partial charge on any atom is -0.475 e. The van der Waals surface area contributed by atoms with Crippen LogP contribution in [0.2, 0.25) is 0 Å². The number of nitrogen functional groups attached to an aromatic ring is 1. The van der Waals surface area contributed by atoms with Crippen LogP contribution >= 0.6 is 0 Å². The maximum Gasteiger partial charge on any atom is 0.229 e. The van der Waals surface area contributed by atoms with Gasteiger partial charge in [0.05, 0.1) is 25.0 Å². The van der Waals surface area contributed by atoms with E-state index in [4.69, 9.17) is 15.2 Å². The number of nitrogens with zero attached hydrogens (tertiary/aromatic N) is 5. The Morgan fingerprint density at radius 2 is 1.87 bits per heavy atom. The van der Waals surface area contributed by atoms with Gasteiger partial charge in [-0.05, 0) is 13.8 Å². The number of anilines is 2. The summed E-state index contributed by atoms with van der Waals surface area (Å²) in [4.78, 5) is 19.3. The predicted octanol–water partition coefficient (Wildman–Crippen LogP) is 1.14. The van der Waals surface area contributed by atoms with E-state index in [-0.39, 0.29) is 12.1 Å². The lowest BCUT2D eigenvalue weighted by atomic mass is 10.2. The summed E-state index contributed by atoms with van der Waals surface area (Å²) in [7, 11) is 0. The first-order valence-corrected chi connectivity index (χ1v) is 7.58. The zero-order chi connectivity index (χ0) is 16.2. The molecule has 2 aromatic heterocycles. The maximum atomic E-state index is 5.76. The minimum absolute atomic E-state index is 0.0259. The Morgan fingerprint density at radius 1 is 1.17 bits per heavy atom. The van der Waals surface area contributed by atoms with Gasteiger partial charge in [0.15, 0.2) is 0 Å². The van der Waals surface area contributed by atoms with Gasteiger partial charge in [0.25, 0.3) is 0 Å². The third kappa shape index (κ3) is 3.84. The van der Waals surface area contributed by atoms with Crippen LogP contribution in [0.3, 0.4) is 0 Å². The molecule has 8 heteroatoms. The molecule has 1 saturated heterocycles. The van der Waals surface area contributed by atoms with Gasteiger partial charge in [-0.25, -0.2) is 15.0 Å². The SMILES string of the molecule is CC(C)Oc1cc(-c2cnc(N)nc2)nc(N2CCOCC2)n1. The standard InChI is InChI=1S/C15H20N6O2/c1-10(2)23-13-7-12(11-8-17-14(16)18-9-11)19-15(20-13)21-3-5-22-6-4-21/h7-10H,3-6H2,1-2H3,(H2,16,17,18). The Hall–Kier alpha value is -2.48. The molecule has 8 nitrogen and oxygen atoms in total. The highest BCUT2D eigenvalue weighted by Crippen LogP contribution is 2.24. The number of hydrogen-bond acceptors (Lipinski definition) is 8. The molecule has 0 unspecified atom stereocenters. The van der Waals surface area contributed by atoms with Crippen LogP contribution in [0.25, 0.3) is 11.3 Å². The van der Waals surface area contributed by atoms with Crippen LogP contribution < -0.4 is 15.4 Å². The fraction of sp³-hybridized carbons (Fsp3) is 0.467. The molecule has 1 fully saturated rings. The molecular formula is C15H20N6O2. The normalized spacial score (nSPS) is 15.0. The average Bonchev–Trinajstić information content (AvgIpc) is 2.55. The van der Waals surface area contributed by atoms with Crippen LogP contribution in [0, 0.1) is 0 Å². The monoisotopic (exact) mass is 316 g/mol. The van der Waals surface area contributed by atoms with Crippen molar-refractivity contribution < 1.29 is 9.47 Å². The van der Waals surface area contributed by atoms with Crippen LogP contribution in [0.4, 0.5) is 11.9 Å². The van der Waals surface area contributed by atoms with Crippen molar-refractivity contribution in [3.8, 4) is 17.1 Å². The highest BCUT2D eigenvalue weighted by atomic mass is 16.5. The molecule has 23 heavy (non-hydrogen) atoms. The van der Waals surface area contributed by atoms with Gasteiger partial charge in [-0.2, -0.15) is 4.98 Å². The van der Waals surface area contributed by atoms with Crippen LogP contribution in [0.15, 0.2) is 18.5 Å². The lowest BCUT2D eigenvalue weighted by Gasteiger charge is -2.27. The summed E-state index contributed by atoms with van der Waals surface area (Å²) in [5.41, 5.74) is 7.02. The Morgan fingerprint density at radius 3 is 2.52 bits per heavy atom. The molecule has 2 N–H and O–H groups in total. The van der Waals surface area contributed by atoms with E-state index in [1.54, 1.807) is 18.5 Å². The summed E-state index contributed by atoms with van der Waals surface area (Å²) >= 11 is 0. The first-order valence-electron chi connectivity index (χ1n) is 7.58. The number of rotatable bonds is 4. The van der Waals surface area contributed by atoms with Crippen molar-refractivity contribution in [3.05, 3.63) is 18.5 Å². The molecule has 3 heterocycles. The fourth-order valence-corrected chi connectivity index (χ4v) is 2.24. The highest BCUT2D eigenvalue weighted by Gasteiger charge is 2.17. The third-order valence-corrected chi connectivity index (χ3v) is 3.31. The average molecular weight is 316 g/mol. The molecule has 0 saturated carbocycles. The summed E-state index contributed by atoms with van der Waals surface area (Å²) in [6.07, 6.45) is 3.32. The number of nitrogens with two attached hydrogens (primary N) is 1. The van der Waals surface area contributed by atoms with E-state index in [1.807, 2.05) is 13.8 Å². The van der Waals surface area contributed by atoms with Crippen molar-refractivity contribution in [2.75, 3.05) is 36.9 Å². The zero-order valence-electron chi connectivity index (χ0n) is 13.3. The second-order valence-corrected chi connectivity index (χ2v) is 5.49. The molecule has 0 aromatic carbocycles. The van der Waals surface area contributed by atoms with Crippen LogP contribution in [-0.4, -0.2) is 52.3 Å². The van der Waals surface area contributed by atoms with Gasteiger partial charge < -0.3 is 20.1 Å². The van der Waals surface area contributed by atoms with Crippen LogP contribution in [-0.2, 0) is 4.74 Å². The Bertz CT molecular complexity index is 656. The second-order valence-electron chi connectivity index (χ2n) is 5.49. The molecule has 0 spiro atoms. The van der Waals surface area contributed by atoms with Crippen molar-refractivity contribution in [2.24, 2.45) is 0 Å².